The quantitative estimate of drug-likeness (QED) is 0.674. The van der Waals surface area contributed by atoms with Gasteiger partial charge in [-0.25, -0.2) is 0 Å². The molecule has 0 aliphatic carbocycles. The molecular formula is C19H24ClNO2. The molecule has 0 atom stereocenters. The van der Waals surface area contributed by atoms with Gasteiger partial charge in [0.05, 0.1) is 10.7 Å². The summed E-state index contributed by atoms with van der Waals surface area (Å²) in [5.41, 5.74) is 0.651. The lowest BCUT2D eigenvalue weighted by molar-refractivity contribution is -0.116. The Morgan fingerprint density at radius 1 is 1.04 bits per heavy atom. The van der Waals surface area contributed by atoms with Crippen LogP contribution >= 0.6 is 11.6 Å². The van der Waals surface area contributed by atoms with E-state index in [9.17, 15) is 4.79 Å². The van der Waals surface area contributed by atoms with E-state index in [4.69, 9.17) is 16.3 Å². The molecule has 23 heavy (non-hydrogen) atoms. The number of ether oxygens (including phenoxy) is 1. The van der Waals surface area contributed by atoms with Crippen LogP contribution in [0.5, 0.6) is 11.5 Å². The maximum atomic E-state index is 11.9. The summed E-state index contributed by atoms with van der Waals surface area (Å²) in [6.07, 6.45) is 2.38. The Morgan fingerprint density at radius 3 is 2.30 bits per heavy atom. The lowest BCUT2D eigenvalue weighted by Crippen LogP contribution is -2.11. The number of nitrogens with one attached hydrogen (secondary N) is 1. The third-order valence-corrected chi connectivity index (χ3v) is 3.29. The molecule has 0 aliphatic rings. The highest BCUT2D eigenvalue weighted by Crippen LogP contribution is 2.33. The van der Waals surface area contributed by atoms with Gasteiger partial charge in [0.15, 0.2) is 5.75 Å². The first-order valence-electron chi connectivity index (χ1n) is 8.02. The molecule has 0 unspecified atom stereocenters. The van der Waals surface area contributed by atoms with Gasteiger partial charge >= 0.3 is 0 Å². The standard InChI is InChI=1S/C17H18ClNO2.C2H6/c1-2-3-12-17(20)19-14-9-5-7-11-16(14)21-15-10-6-4-8-13(15)18;1-2/h4-11H,2-3,12H2,1H3,(H,19,20);1-2H3. The molecule has 4 heteroatoms. The summed E-state index contributed by atoms with van der Waals surface area (Å²) >= 11 is 6.09. The van der Waals surface area contributed by atoms with Gasteiger partial charge in [-0.15, -0.1) is 0 Å². The molecule has 2 aromatic carbocycles. The number of benzene rings is 2. The Labute approximate surface area is 143 Å². The minimum Gasteiger partial charge on any atom is -0.454 e. The number of rotatable bonds is 6. The highest BCUT2D eigenvalue weighted by atomic mass is 35.5. The Kier molecular flexibility index (Phi) is 8.85. The summed E-state index contributed by atoms with van der Waals surface area (Å²) in [5, 5.41) is 3.41. The van der Waals surface area contributed by atoms with Crippen LogP contribution in [0.1, 0.15) is 40.0 Å². The molecule has 3 nitrogen and oxygen atoms in total. The second-order valence-corrected chi connectivity index (χ2v) is 5.09. The van der Waals surface area contributed by atoms with Gasteiger partial charge in [0, 0.05) is 6.42 Å². The molecule has 0 saturated heterocycles. The molecule has 1 amide bonds. The first-order chi connectivity index (χ1) is 11.2. The van der Waals surface area contributed by atoms with Crippen LogP contribution in [-0.2, 0) is 4.79 Å². The lowest BCUT2D eigenvalue weighted by Gasteiger charge is -2.13. The van der Waals surface area contributed by atoms with E-state index in [1.54, 1.807) is 18.2 Å². The Balaban J connectivity index is 0.00000127. The van der Waals surface area contributed by atoms with Crippen LogP contribution in [0.25, 0.3) is 0 Å². The van der Waals surface area contributed by atoms with Crippen molar-refractivity contribution >= 4 is 23.2 Å². The number of carbonyl (C=O) groups excluding carboxylic acids is 1. The molecule has 2 rings (SSSR count). The van der Waals surface area contributed by atoms with Gasteiger partial charge in [-0.1, -0.05) is 63.1 Å². The fourth-order valence-corrected chi connectivity index (χ4v) is 2.03. The SMILES string of the molecule is CC.CCCCC(=O)Nc1ccccc1Oc1ccccc1Cl. The predicted octanol–water partition coefficient (Wildman–Crippen LogP) is 6.29. The van der Waals surface area contributed by atoms with E-state index in [0.29, 0.717) is 28.6 Å². The summed E-state index contributed by atoms with van der Waals surface area (Å²) in [7, 11) is 0. The number of hydrogen-bond acceptors (Lipinski definition) is 2. The largest absolute Gasteiger partial charge is 0.454 e. The van der Waals surface area contributed by atoms with Crippen molar-refractivity contribution in [2.45, 2.75) is 40.0 Å². The van der Waals surface area contributed by atoms with Crippen LogP contribution < -0.4 is 10.1 Å². The number of amides is 1. The van der Waals surface area contributed by atoms with Crippen molar-refractivity contribution in [2.24, 2.45) is 0 Å². The fourth-order valence-electron chi connectivity index (χ4n) is 1.85. The third-order valence-electron chi connectivity index (χ3n) is 2.98. The van der Waals surface area contributed by atoms with Gasteiger partial charge in [-0.05, 0) is 30.7 Å². The van der Waals surface area contributed by atoms with Crippen molar-refractivity contribution in [3.63, 3.8) is 0 Å². The second kappa shape index (κ2) is 10.7. The van der Waals surface area contributed by atoms with Crippen molar-refractivity contribution in [2.75, 3.05) is 5.32 Å². The second-order valence-electron chi connectivity index (χ2n) is 4.68. The van der Waals surface area contributed by atoms with E-state index >= 15 is 0 Å². The molecule has 0 heterocycles. The zero-order valence-electron chi connectivity index (χ0n) is 13.9. The van der Waals surface area contributed by atoms with Gasteiger partial charge in [0.1, 0.15) is 5.75 Å². The first-order valence-corrected chi connectivity index (χ1v) is 8.39. The van der Waals surface area contributed by atoms with Crippen LogP contribution in [0.4, 0.5) is 5.69 Å². The average molecular weight is 334 g/mol. The number of halogens is 1. The normalized spacial score (nSPS) is 9.57. The number of hydrogen-bond donors (Lipinski definition) is 1. The van der Waals surface area contributed by atoms with Gasteiger partial charge in [-0.2, -0.15) is 0 Å². The van der Waals surface area contributed by atoms with E-state index in [-0.39, 0.29) is 5.91 Å². The topological polar surface area (TPSA) is 38.3 Å². The Hall–Kier alpha value is -2.00. The van der Waals surface area contributed by atoms with Crippen molar-refractivity contribution in [3.05, 3.63) is 53.6 Å². The maximum absolute atomic E-state index is 11.9. The molecule has 0 aromatic heterocycles. The third kappa shape index (κ3) is 6.33. The smallest absolute Gasteiger partial charge is 0.224 e. The van der Waals surface area contributed by atoms with E-state index in [1.165, 1.54) is 0 Å². The zero-order chi connectivity index (χ0) is 17.1. The molecular weight excluding hydrogens is 310 g/mol. The average Bonchev–Trinajstić information content (AvgIpc) is 2.58. The van der Waals surface area contributed by atoms with Crippen molar-refractivity contribution in [1.82, 2.24) is 0 Å². The van der Waals surface area contributed by atoms with E-state index in [1.807, 2.05) is 44.2 Å². The van der Waals surface area contributed by atoms with E-state index in [2.05, 4.69) is 12.2 Å². The van der Waals surface area contributed by atoms with Crippen molar-refractivity contribution in [3.8, 4) is 11.5 Å². The van der Waals surface area contributed by atoms with Crippen LogP contribution in [0.15, 0.2) is 48.5 Å². The van der Waals surface area contributed by atoms with E-state index in [0.717, 1.165) is 12.8 Å². The number of para-hydroxylation sites is 3. The monoisotopic (exact) mass is 333 g/mol. The minimum atomic E-state index is -0.00735. The molecule has 1 N–H and O–H groups in total. The number of anilines is 1. The predicted molar refractivity (Wildman–Crippen MR) is 97.5 cm³/mol. The molecule has 0 fully saturated rings. The van der Waals surface area contributed by atoms with Gasteiger partial charge in [0.25, 0.3) is 0 Å². The summed E-state index contributed by atoms with van der Waals surface area (Å²) in [6, 6.07) is 14.6. The van der Waals surface area contributed by atoms with Crippen LogP contribution in [-0.4, -0.2) is 5.91 Å². The summed E-state index contributed by atoms with van der Waals surface area (Å²) in [4.78, 5) is 11.9. The van der Waals surface area contributed by atoms with Crippen LogP contribution in [0, 0.1) is 0 Å². The lowest BCUT2D eigenvalue weighted by atomic mass is 10.2. The van der Waals surface area contributed by atoms with Crippen molar-refractivity contribution < 1.29 is 9.53 Å². The van der Waals surface area contributed by atoms with Gasteiger partial charge in [-0.3, -0.25) is 4.79 Å². The summed E-state index contributed by atoms with van der Waals surface area (Å²) in [6.45, 7) is 6.06. The van der Waals surface area contributed by atoms with Gasteiger partial charge < -0.3 is 10.1 Å². The van der Waals surface area contributed by atoms with Gasteiger partial charge in [0.2, 0.25) is 5.91 Å². The highest BCUT2D eigenvalue weighted by Gasteiger charge is 2.09. The fraction of sp³-hybridized carbons (Fsp3) is 0.316. The highest BCUT2D eigenvalue weighted by molar-refractivity contribution is 6.32. The first kappa shape index (κ1) is 19.0. The number of carbonyl (C=O) groups is 1. The molecule has 0 bridgehead atoms. The van der Waals surface area contributed by atoms with E-state index < -0.39 is 0 Å². The summed E-state index contributed by atoms with van der Waals surface area (Å²) in [5.74, 6) is 1.14. The molecule has 0 radical (unpaired) electrons. The Bertz CT molecular complexity index is 614. The number of unbranched alkanes of at least 4 members (excludes halogenated alkanes) is 1. The van der Waals surface area contributed by atoms with Crippen LogP contribution in [0.2, 0.25) is 5.02 Å². The molecule has 0 saturated carbocycles. The molecule has 0 aliphatic heterocycles. The molecule has 2 aromatic rings. The maximum Gasteiger partial charge on any atom is 0.224 e. The Morgan fingerprint density at radius 2 is 1.65 bits per heavy atom. The minimum absolute atomic E-state index is 0.00735. The summed E-state index contributed by atoms with van der Waals surface area (Å²) < 4.78 is 5.80. The van der Waals surface area contributed by atoms with Crippen LogP contribution in [0.3, 0.4) is 0 Å². The zero-order valence-corrected chi connectivity index (χ0v) is 14.7. The van der Waals surface area contributed by atoms with Crippen molar-refractivity contribution in [1.29, 1.82) is 0 Å². The molecule has 0 spiro atoms. The molecule has 124 valence electrons.